The van der Waals surface area contributed by atoms with E-state index in [4.69, 9.17) is 0 Å². The Labute approximate surface area is 121 Å². The third-order valence-corrected chi connectivity index (χ3v) is 4.82. The second kappa shape index (κ2) is 5.57. The lowest BCUT2D eigenvalue weighted by Gasteiger charge is -2.37. The summed E-state index contributed by atoms with van der Waals surface area (Å²) in [4.78, 5) is 15.0. The Morgan fingerprint density at radius 1 is 1.20 bits per heavy atom. The second-order valence-corrected chi connectivity index (χ2v) is 6.40. The molecule has 0 aromatic heterocycles. The van der Waals surface area contributed by atoms with Crippen LogP contribution >= 0.6 is 0 Å². The molecule has 1 aromatic carbocycles. The van der Waals surface area contributed by atoms with Gasteiger partial charge in [0.25, 0.3) is 0 Å². The highest BCUT2D eigenvalue weighted by Crippen LogP contribution is 2.29. The van der Waals surface area contributed by atoms with Crippen molar-refractivity contribution in [2.24, 2.45) is 5.41 Å². The Balaban J connectivity index is 1.71. The van der Waals surface area contributed by atoms with Gasteiger partial charge in [-0.15, -0.1) is 0 Å². The normalized spacial score (nSPS) is 26.8. The van der Waals surface area contributed by atoms with Crippen LogP contribution < -0.4 is 5.32 Å². The van der Waals surface area contributed by atoms with Crippen molar-refractivity contribution >= 4 is 5.91 Å². The Hall–Kier alpha value is -1.35. The van der Waals surface area contributed by atoms with Gasteiger partial charge < -0.3 is 10.2 Å². The van der Waals surface area contributed by atoms with Crippen LogP contribution in [0.3, 0.4) is 0 Å². The molecule has 1 fully saturated rings. The van der Waals surface area contributed by atoms with E-state index in [-0.39, 0.29) is 5.41 Å². The van der Waals surface area contributed by atoms with Crippen LogP contribution in [0.4, 0.5) is 0 Å². The number of fused-ring (bicyclic) bond motifs is 1. The molecule has 2 aliphatic rings. The number of nitrogens with one attached hydrogen (secondary N) is 1. The number of benzene rings is 1. The molecule has 1 saturated heterocycles. The van der Waals surface area contributed by atoms with E-state index < -0.39 is 0 Å². The maximum absolute atomic E-state index is 12.9. The molecule has 0 saturated carbocycles. The summed E-state index contributed by atoms with van der Waals surface area (Å²) in [5, 5.41) is 3.38. The van der Waals surface area contributed by atoms with Crippen LogP contribution in [0.15, 0.2) is 24.3 Å². The van der Waals surface area contributed by atoms with Gasteiger partial charge in [0.1, 0.15) is 0 Å². The molecule has 1 atom stereocenters. The van der Waals surface area contributed by atoms with E-state index in [1.165, 1.54) is 11.1 Å². The lowest BCUT2D eigenvalue weighted by atomic mass is 9.81. The van der Waals surface area contributed by atoms with Gasteiger partial charge in [-0.25, -0.2) is 0 Å². The second-order valence-electron chi connectivity index (χ2n) is 6.40. The Kier molecular flexibility index (Phi) is 3.79. The summed E-state index contributed by atoms with van der Waals surface area (Å²) >= 11 is 0. The van der Waals surface area contributed by atoms with Crippen LogP contribution in [0.5, 0.6) is 0 Å². The maximum atomic E-state index is 12.9. The first-order valence-corrected chi connectivity index (χ1v) is 7.76. The van der Waals surface area contributed by atoms with Crippen molar-refractivity contribution in [3.8, 4) is 0 Å². The number of hydrogen-bond acceptors (Lipinski definition) is 2. The molecule has 0 aliphatic carbocycles. The summed E-state index contributed by atoms with van der Waals surface area (Å²) in [5.74, 6) is 0.345. The molecule has 2 aliphatic heterocycles. The summed E-state index contributed by atoms with van der Waals surface area (Å²) in [7, 11) is 0. The SMILES string of the molecule is CC1(C(=O)N2CCc3ccccc3CC2)CCCNC1. The summed E-state index contributed by atoms with van der Waals surface area (Å²) in [6.45, 7) is 5.74. The van der Waals surface area contributed by atoms with Crippen molar-refractivity contribution in [2.75, 3.05) is 26.2 Å². The van der Waals surface area contributed by atoms with Crippen molar-refractivity contribution in [1.29, 1.82) is 0 Å². The van der Waals surface area contributed by atoms with Gasteiger partial charge in [-0.3, -0.25) is 4.79 Å². The van der Waals surface area contributed by atoms with Gasteiger partial charge in [-0.1, -0.05) is 24.3 Å². The van der Waals surface area contributed by atoms with E-state index in [9.17, 15) is 4.79 Å². The van der Waals surface area contributed by atoms with E-state index in [1.54, 1.807) is 0 Å². The number of piperidine rings is 1. The number of nitrogens with zero attached hydrogens (tertiary/aromatic N) is 1. The van der Waals surface area contributed by atoms with E-state index in [1.807, 2.05) is 0 Å². The number of rotatable bonds is 1. The highest BCUT2D eigenvalue weighted by molar-refractivity contribution is 5.83. The third-order valence-electron chi connectivity index (χ3n) is 4.82. The van der Waals surface area contributed by atoms with Crippen molar-refractivity contribution in [1.82, 2.24) is 10.2 Å². The van der Waals surface area contributed by atoms with Crippen molar-refractivity contribution in [3.63, 3.8) is 0 Å². The molecule has 1 amide bonds. The Morgan fingerprint density at radius 2 is 1.85 bits per heavy atom. The lowest BCUT2D eigenvalue weighted by molar-refractivity contribution is -0.142. The van der Waals surface area contributed by atoms with E-state index in [2.05, 4.69) is 41.4 Å². The summed E-state index contributed by atoms with van der Waals surface area (Å²) in [6, 6.07) is 8.60. The Bertz CT molecular complexity index is 465. The zero-order valence-electron chi connectivity index (χ0n) is 12.3. The topological polar surface area (TPSA) is 32.3 Å². The van der Waals surface area contributed by atoms with Gasteiger partial charge in [0.15, 0.2) is 0 Å². The zero-order chi connectivity index (χ0) is 14.0. The predicted octanol–water partition coefficient (Wildman–Crippen LogP) is 2.00. The summed E-state index contributed by atoms with van der Waals surface area (Å²) < 4.78 is 0. The molecule has 1 unspecified atom stereocenters. The van der Waals surface area contributed by atoms with E-state index in [0.29, 0.717) is 5.91 Å². The lowest BCUT2D eigenvalue weighted by Crippen LogP contribution is -2.50. The maximum Gasteiger partial charge on any atom is 0.229 e. The fourth-order valence-corrected chi connectivity index (χ4v) is 3.49. The Morgan fingerprint density at radius 3 is 2.40 bits per heavy atom. The molecular formula is C17H24N2O. The van der Waals surface area contributed by atoms with Gasteiger partial charge in [0, 0.05) is 19.6 Å². The minimum Gasteiger partial charge on any atom is -0.342 e. The summed E-state index contributed by atoms with van der Waals surface area (Å²) in [6.07, 6.45) is 4.11. The van der Waals surface area contributed by atoms with E-state index in [0.717, 1.165) is 51.9 Å². The first kappa shape index (κ1) is 13.6. The van der Waals surface area contributed by atoms with Gasteiger partial charge in [-0.05, 0) is 50.3 Å². The molecule has 2 heterocycles. The number of carbonyl (C=O) groups excluding carboxylic acids is 1. The van der Waals surface area contributed by atoms with Crippen LogP contribution in [0.2, 0.25) is 0 Å². The average molecular weight is 272 g/mol. The predicted molar refractivity (Wildman–Crippen MR) is 80.6 cm³/mol. The molecule has 3 rings (SSSR count). The molecule has 0 bridgehead atoms. The first-order valence-electron chi connectivity index (χ1n) is 7.76. The van der Waals surface area contributed by atoms with Crippen molar-refractivity contribution < 1.29 is 4.79 Å². The summed E-state index contributed by atoms with van der Waals surface area (Å²) in [5.41, 5.74) is 2.62. The molecule has 3 heteroatoms. The fourth-order valence-electron chi connectivity index (χ4n) is 3.49. The fraction of sp³-hybridized carbons (Fsp3) is 0.588. The molecular weight excluding hydrogens is 248 g/mol. The first-order chi connectivity index (χ1) is 9.69. The molecule has 108 valence electrons. The van der Waals surface area contributed by atoms with E-state index >= 15 is 0 Å². The molecule has 20 heavy (non-hydrogen) atoms. The number of carbonyl (C=O) groups is 1. The minimum absolute atomic E-state index is 0.200. The van der Waals surface area contributed by atoms with Crippen LogP contribution in [0, 0.1) is 5.41 Å². The molecule has 1 aromatic rings. The van der Waals surface area contributed by atoms with Crippen LogP contribution in [-0.2, 0) is 17.6 Å². The number of hydrogen-bond donors (Lipinski definition) is 1. The van der Waals surface area contributed by atoms with Crippen LogP contribution in [0.25, 0.3) is 0 Å². The zero-order valence-corrected chi connectivity index (χ0v) is 12.3. The smallest absolute Gasteiger partial charge is 0.229 e. The minimum atomic E-state index is -0.200. The molecule has 3 nitrogen and oxygen atoms in total. The standard InChI is InChI=1S/C17H24N2O/c1-17(9-4-10-18-13-17)16(20)19-11-7-14-5-2-3-6-15(14)8-12-19/h2-3,5-6,18H,4,7-13H2,1H3. The van der Waals surface area contributed by atoms with Gasteiger partial charge in [-0.2, -0.15) is 0 Å². The quantitative estimate of drug-likeness (QED) is 0.848. The molecule has 0 spiro atoms. The number of amides is 1. The largest absolute Gasteiger partial charge is 0.342 e. The van der Waals surface area contributed by atoms with Gasteiger partial charge in [0.2, 0.25) is 5.91 Å². The van der Waals surface area contributed by atoms with Gasteiger partial charge >= 0.3 is 0 Å². The van der Waals surface area contributed by atoms with Crippen molar-refractivity contribution in [3.05, 3.63) is 35.4 Å². The monoisotopic (exact) mass is 272 g/mol. The highest BCUT2D eigenvalue weighted by atomic mass is 16.2. The highest BCUT2D eigenvalue weighted by Gasteiger charge is 2.37. The van der Waals surface area contributed by atoms with Crippen LogP contribution in [0.1, 0.15) is 30.9 Å². The van der Waals surface area contributed by atoms with Crippen molar-refractivity contribution in [2.45, 2.75) is 32.6 Å². The molecule has 1 N–H and O–H groups in total. The third kappa shape index (κ3) is 2.59. The van der Waals surface area contributed by atoms with Gasteiger partial charge in [0.05, 0.1) is 5.41 Å². The van der Waals surface area contributed by atoms with Crippen LogP contribution in [-0.4, -0.2) is 37.0 Å². The average Bonchev–Trinajstić information content (AvgIpc) is 2.70. The molecule has 0 radical (unpaired) electrons.